The molecule has 2 rings (SSSR count). The molecule has 0 saturated heterocycles. The lowest BCUT2D eigenvalue weighted by Gasteiger charge is -2.16. The smallest absolute Gasteiger partial charge is 0.262 e. The maximum atomic E-state index is 12.5. The van der Waals surface area contributed by atoms with Gasteiger partial charge in [-0.15, -0.1) is 0 Å². The maximum absolute atomic E-state index is 12.5. The Labute approximate surface area is 116 Å². The fourth-order valence-corrected chi connectivity index (χ4v) is 3.65. The second-order valence-electron chi connectivity index (χ2n) is 4.05. The van der Waals surface area contributed by atoms with Gasteiger partial charge in [0, 0.05) is 25.5 Å². The fraction of sp³-hybridized carbons (Fsp3) is 0.364. The van der Waals surface area contributed by atoms with Crippen LogP contribution < -0.4 is 5.73 Å². The molecule has 0 aliphatic carbocycles. The number of nitrogens with two attached hydrogens (primary N) is 1. The minimum atomic E-state index is -3.63. The number of hydrogen-bond donors (Lipinski definition) is 1. The van der Waals surface area contributed by atoms with E-state index in [1.54, 1.807) is 43.2 Å². The summed E-state index contributed by atoms with van der Waals surface area (Å²) in [6, 6.07) is 5.25. The van der Waals surface area contributed by atoms with E-state index in [4.69, 9.17) is 5.73 Å². The van der Waals surface area contributed by atoms with Crippen LogP contribution in [0, 0.1) is 0 Å². The number of nitrogens with zero attached hydrogens (tertiary/aromatic N) is 3. The fourth-order valence-electron chi connectivity index (χ4n) is 1.74. The standard InChI is InChI=1S/C11H16N4O2S2/c1-14(7-8-18-2)19(16,17)11-10(12)13-9-5-3-4-6-15(9)11/h3-6H,7-8,12H2,1-2H3. The van der Waals surface area contributed by atoms with Gasteiger partial charge in [-0.3, -0.25) is 4.40 Å². The van der Waals surface area contributed by atoms with Crippen LogP contribution in [0.2, 0.25) is 0 Å². The van der Waals surface area contributed by atoms with Crippen molar-refractivity contribution in [1.82, 2.24) is 13.7 Å². The first-order chi connectivity index (χ1) is 8.98. The molecule has 0 aliphatic heterocycles. The zero-order chi connectivity index (χ0) is 14.0. The van der Waals surface area contributed by atoms with Crippen molar-refractivity contribution in [2.75, 3.05) is 31.3 Å². The van der Waals surface area contributed by atoms with E-state index >= 15 is 0 Å². The molecule has 0 saturated carbocycles. The van der Waals surface area contributed by atoms with Gasteiger partial charge in [-0.05, 0) is 18.4 Å². The summed E-state index contributed by atoms with van der Waals surface area (Å²) >= 11 is 1.59. The number of sulfonamides is 1. The van der Waals surface area contributed by atoms with Crippen molar-refractivity contribution in [2.24, 2.45) is 0 Å². The number of nitrogen functional groups attached to an aromatic ring is 1. The first-order valence-corrected chi connectivity index (χ1v) is 8.49. The Hall–Kier alpha value is -1.25. The number of hydrogen-bond acceptors (Lipinski definition) is 5. The van der Waals surface area contributed by atoms with Gasteiger partial charge in [0.05, 0.1) is 0 Å². The van der Waals surface area contributed by atoms with Crippen molar-refractivity contribution in [3.8, 4) is 0 Å². The van der Waals surface area contributed by atoms with Gasteiger partial charge in [0.2, 0.25) is 0 Å². The summed E-state index contributed by atoms with van der Waals surface area (Å²) in [7, 11) is -2.08. The average Bonchev–Trinajstić information content (AvgIpc) is 2.72. The largest absolute Gasteiger partial charge is 0.381 e. The van der Waals surface area contributed by atoms with Gasteiger partial charge in [-0.25, -0.2) is 13.4 Å². The van der Waals surface area contributed by atoms with Gasteiger partial charge in [0.1, 0.15) is 5.65 Å². The van der Waals surface area contributed by atoms with Gasteiger partial charge in [-0.2, -0.15) is 16.1 Å². The molecule has 0 amide bonds. The van der Waals surface area contributed by atoms with Crippen LogP contribution in [-0.4, -0.2) is 47.7 Å². The van der Waals surface area contributed by atoms with Crippen LogP contribution >= 0.6 is 11.8 Å². The quantitative estimate of drug-likeness (QED) is 0.887. The number of fused-ring (bicyclic) bond motifs is 1. The molecule has 2 heterocycles. The molecule has 8 heteroatoms. The normalized spacial score (nSPS) is 12.4. The highest BCUT2D eigenvalue weighted by Crippen LogP contribution is 2.22. The van der Waals surface area contributed by atoms with Crippen LogP contribution in [0.25, 0.3) is 5.65 Å². The molecule has 2 aromatic heterocycles. The predicted molar refractivity (Wildman–Crippen MR) is 77.8 cm³/mol. The van der Waals surface area contributed by atoms with Crippen molar-refractivity contribution in [3.63, 3.8) is 0 Å². The third-order valence-electron chi connectivity index (χ3n) is 2.78. The summed E-state index contributed by atoms with van der Waals surface area (Å²) in [5.74, 6) is 0.758. The summed E-state index contributed by atoms with van der Waals surface area (Å²) in [6.45, 7) is 0.434. The molecule has 0 radical (unpaired) electrons. The minimum Gasteiger partial charge on any atom is -0.381 e. The van der Waals surface area contributed by atoms with E-state index in [-0.39, 0.29) is 10.8 Å². The van der Waals surface area contributed by atoms with Gasteiger partial charge in [0.15, 0.2) is 10.8 Å². The molecule has 0 aliphatic rings. The molecule has 0 atom stereocenters. The van der Waals surface area contributed by atoms with Crippen molar-refractivity contribution < 1.29 is 8.42 Å². The number of aromatic nitrogens is 2. The Morgan fingerprint density at radius 1 is 1.47 bits per heavy atom. The molecule has 0 fully saturated rings. The van der Waals surface area contributed by atoms with E-state index in [1.807, 2.05) is 6.26 Å². The molecular weight excluding hydrogens is 284 g/mol. The molecule has 2 N–H and O–H groups in total. The molecule has 104 valence electrons. The molecule has 2 aromatic rings. The summed E-state index contributed by atoms with van der Waals surface area (Å²) < 4.78 is 27.8. The SMILES string of the molecule is CSCCN(C)S(=O)(=O)c1c(N)nc2ccccn12. The lowest BCUT2D eigenvalue weighted by molar-refractivity contribution is 0.485. The first-order valence-electron chi connectivity index (χ1n) is 5.66. The van der Waals surface area contributed by atoms with Crippen LogP contribution in [0.15, 0.2) is 29.4 Å². The number of rotatable bonds is 5. The van der Waals surface area contributed by atoms with Crippen molar-refractivity contribution in [3.05, 3.63) is 24.4 Å². The molecule has 0 aromatic carbocycles. The van der Waals surface area contributed by atoms with Crippen LogP contribution in [0.4, 0.5) is 5.82 Å². The van der Waals surface area contributed by atoms with Crippen LogP contribution in [0.1, 0.15) is 0 Å². The lowest BCUT2D eigenvalue weighted by atomic mass is 10.5. The first kappa shape index (κ1) is 14.2. The van der Waals surface area contributed by atoms with E-state index < -0.39 is 10.0 Å². The zero-order valence-corrected chi connectivity index (χ0v) is 12.4. The highest BCUT2D eigenvalue weighted by molar-refractivity contribution is 7.98. The zero-order valence-electron chi connectivity index (χ0n) is 10.8. The molecule has 0 spiro atoms. The summed E-state index contributed by atoms with van der Waals surface area (Å²) in [6.07, 6.45) is 3.58. The Bertz CT molecular complexity index is 681. The number of anilines is 1. The highest BCUT2D eigenvalue weighted by atomic mass is 32.2. The molecule has 19 heavy (non-hydrogen) atoms. The number of imidazole rings is 1. The second kappa shape index (κ2) is 5.40. The number of pyridine rings is 1. The van der Waals surface area contributed by atoms with Gasteiger partial charge >= 0.3 is 0 Å². The van der Waals surface area contributed by atoms with Crippen molar-refractivity contribution in [2.45, 2.75) is 5.03 Å². The Morgan fingerprint density at radius 3 is 2.89 bits per heavy atom. The summed E-state index contributed by atoms with van der Waals surface area (Å²) in [5.41, 5.74) is 6.29. The van der Waals surface area contributed by atoms with Crippen LogP contribution in [-0.2, 0) is 10.0 Å². The highest BCUT2D eigenvalue weighted by Gasteiger charge is 2.27. The van der Waals surface area contributed by atoms with Crippen LogP contribution in [0.3, 0.4) is 0 Å². The van der Waals surface area contributed by atoms with E-state index in [9.17, 15) is 8.42 Å². The van der Waals surface area contributed by atoms with E-state index in [0.717, 1.165) is 5.75 Å². The van der Waals surface area contributed by atoms with E-state index in [2.05, 4.69) is 4.98 Å². The van der Waals surface area contributed by atoms with Crippen LogP contribution in [0.5, 0.6) is 0 Å². The summed E-state index contributed by atoms with van der Waals surface area (Å²) in [4.78, 5) is 4.07. The maximum Gasteiger partial charge on any atom is 0.262 e. The molecule has 6 nitrogen and oxygen atoms in total. The minimum absolute atomic E-state index is 0.0298. The van der Waals surface area contributed by atoms with E-state index in [1.165, 1.54) is 8.71 Å². The molecule has 0 unspecified atom stereocenters. The Kier molecular flexibility index (Phi) is 4.02. The predicted octanol–water partition coefficient (Wildman–Crippen LogP) is 0.900. The second-order valence-corrected chi connectivity index (χ2v) is 7.00. The average molecular weight is 300 g/mol. The molecular formula is C11H16N4O2S2. The van der Waals surface area contributed by atoms with Gasteiger partial charge < -0.3 is 5.73 Å². The summed E-state index contributed by atoms with van der Waals surface area (Å²) in [5, 5.41) is 0.0340. The molecule has 0 bridgehead atoms. The van der Waals surface area contributed by atoms with E-state index in [0.29, 0.717) is 12.2 Å². The van der Waals surface area contributed by atoms with Crippen molar-refractivity contribution >= 4 is 33.3 Å². The topological polar surface area (TPSA) is 80.7 Å². The van der Waals surface area contributed by atoms with Gasteiger partial charge in [0.25, 0.3) is 10.0 Å². The lowest BCUT2D eigenvalue weighted by Crippen LogP contribution is -2.30. The van der Waals surface area contributed by atoms with Crippen molar-refractivity contribution in [1.29, 1.82) is 0 Å². The van der Waals surface area contributed by atoms with Gasteiger partial charge in [-0.1, -0.05) is 6.07 Å². The number of thioether (sulfide) groups is 1. The Balaban J connectivity index is 2.51. The monoisotopic (exact) mass is 300 g/mol. The third kappa shape index (κ3) is 2.56. The Morgan fingerprint density at radius 2 is 2.21 bits per heavy atom. The third-order valence-corrected chi connectivity index (χ3v) is 5.26.